The molecule has 3 atom stereocenters. The maximum Gasteiger partial charge on any atom is 0.407 e. The molecule has 1 aromatic rings. The topological polar surface area (TPSA) is 143 Å². The molecule has 3 amide bonds. The lowest BCUT2D eigenvalue weighted by Crippen LogP contribution is -2.51. The standard InChI is InChI=1S/C25H40N4O6.ClH/c1-24(2,12-18(26)20(30)14-27-22(32)25(3,4)35-6)13-21(31)29-15-17(28-23(33)34-5)11-16-9-7-8-10-19(16)29;/h7-10,17-18,20,30H,11-15,26H2,1-6H3,(H,27,32)(H,28,33);1H/t17?,18-,20-;/m0./s1. The molecule has 1 aliphatic heterocycles. The van der Waals surface area contributed by atoms with E-state index in [9.17, 15) is 19.5 Å². The number of benzene rings is 1. The van der Waals surface area contributed by atoms with Gasteiger partial charge in [-0.15, -0.1) is 12.4 Å². The van der Waals surface area contributed by atoms with Gasteiger partial charge in [-0.1, -0.05) is 32.0 Å². The molecule has 0 aromatic heterocycles. The average molecular weight is 529 g/mol. The molecule has 0 saturated carbocycles. The molecule has 0 fully saturated rings. The van der Waals surface area contributed by atoms with Gasteiger partial charge in [-0.05, 0) is 43.7 Å². The second-order valence-corrected chi connectivity index (χ2v) is 10.4. The molecule has 1 aliphatic rings. The number of nitrogens with zero attached hydrogens (tertiary/aromatic N) is 1. The number of fused-ring (bicyclic) bond motifs is 1. The number of hydrogen-bond donors (Lipinski definition) is 4. The smallest absolute Gasteiger partial charge is 0.407 e. The van der Waals surface area contributed by atoms with Gasteiger partial charge in [0.05, 0.1) is 19.3 Å². The van der Waals surface area contributed by atoms with Gasteiger partial charge < -0.3 is 35.8 Å². The Balaban J connectivity index is 0.00000648. The van der Waals surface area contributed by atoms with E-state index in [0.29, 0.717) is 19.4 Å². The Morgan fingerprint density at radius 3 is 2.44 bits per heavy atom. The summed E-state index contributed by atoms with van der Waals surface area (Å²) in [7, 11) is 2.74. The van der Waals surface area contributed by atoms with E-state index in [4.69, 9.17) is 15.2 Å². The van der Waals surface area contributed by atoms with Crippen molar-refractivity contribution < 1.29 is 29.0 Å². The Kier molecular flexibility index (Phi) is 11.6. The third kappa shape index (κ3) is 8.62. The lowest BCUT2D eigenvalue weighted by atomic mass is 9.80. The predicted molar refractivity (Wildman–Crippen MR) is 140 cm³/mol. The van der Waals surface area contributed by atoms with Gasteiger partial charge >= 0.3 is 6.09 Å². The van der Waals surface area contributed by atoms with E-state index in [1.54, 1.807) is 18.7 Å². The van der Waals surface area contributed by atoms with Crippen LogP contribution in [0.5, 0.6) is 0 Å². The monoisotopic (exact) mass is 528 g/mol. The minimum Gasteiger partial charge on any atom is -0.453 e. The van der Waals surface area contributed by atoms with Crippen molar-refractivity contribution in [3.05, 3.63) is 29.8 Å². The zero-order chi connectivity index (χ0) is 26.4. The molecule has 5 N–H and O–H groups in total. The van der Waals surface area contributed by atoms with Gasteiger partial charge in [-0.3, -0.25) is 9.59 Å². The van der Waals surface area contributed by atoms with Gasteiger partial charge in [-0.2, -0.15) is 0 Å². The Labute approximate surface area is 219 Å². The first-order valence-electron chi connectivity index (χ1n) is 11.8. The number of hydrogen-bond acceptors (Lipinski definition) is 7. The van der Waals surface area contributed by atoms with E-state index >= 15 is 0 Å². The van der Waals surface area contributed by atoms with Crippen molar-refractivity contribution in [1.82, 2.24) is 10.6 Å². The van der Waals surface area contributed by atoms with Crippen LogP contribution in [0.3, 0.4) is 0 Å². The summed E-state index contributed by atoms with van der Waals surface area (Å²) >= 11 is 0. The molecule has 0 aliphatic carbocycles. The van der Waals surface area contributed by atoms with Crippen molar-refractivity contribution in [2.45, 2.75) is 70.7 Å². The number of anilines is 1. The van der Waals surface area contributed by atoms with E-state index in [1.807, 2.05) is 38.1 Å². The number of halogens is 1. The Morgan fingerprint density at radius 1 is 1.19 bits per heavy atom. The van der Waals surface area contributed by atoms with Gasteiger partial charge in [0, 0.05) is 38.3 Å². The number of methoxy groups -OCH3 is 2. The van der Waals surface area contributed by atoms with Crippen LogP contribution in [0.2, 0.25) is 0 Å². The quantitative estimate of drug-likeness (QED) is 0.362. The summed E-state index contributed by atoms with van der Waals surface area (Å²) in [5.74, 6) is -0.449. The number of aliphatic hydroxyl groups is 1. The fourth-order valence-electron chi connectivity index (χ4n) is 4.16. The molecule has 1 unspecified atom stereocenters. The zero-order valence-electron chi connectivity index (χ0n) is 22.0. The summed E-state index contributed by atoms with van der Waals surface area (Å²) in [4.78, 5) is 39.0. The number of rotatable bonds is 10. The predicted octanol–water partition coefficient (Wildman–Crippen LogP) is 1.76. The highest BCUT2D eigenvalue weighted by Gasteiger charge is 2.34. The zero-order valence-corrected chi connectivity index (χ0v) is 22.8. The first-order valence-corrected chi connectivity index (χ1v) is 11.8. The maximum absolute atomic E-state index is 13.4. The molecular weight excluding hydrogens is 488 g/mol. The molecule has 0 radical (unpaired) electrons. The molecule has 10 nitrogen and oxygen atoms in total. The molecule has 0 bridgehead atoms. The number of nitrogens with one attached hydrogen (secondary N) is 2. The van der Waals surface area contributed by atoms with Crippen LogP contribution in [0.1, 0.15) is 46.1 Å². The van der Waals surface area contributed by atoms with Crippen LogP contribution in [-0.4, -0.2) is 74.1 Å². The van der Waals surface area contributed by atoms with Gasteiger partial charge in [0.25, 0.3) is 5.91 Å². The second-order valence-electron chi connectivity index (χ2n) is 10.4. The number of alkyl carbamates (subject to hydrolysis) is 1. The number of nitrogens with two attached hydrogens (primary N) is 1. The van der Waals surface area contributed by atoms with Gasteiger partial charge in [0.1, 0.15) is 5.60 Å². The summed E-state index contributed by atoms with van der Waals surface area (Å²) in [6.07, 6.45) is -0.368. The lowest BCUT2D eigenvalue weighted by molar-refractivity contribution is -0.140. The number of ether oxygens (including phenoxy) is 2. The lowest BCUT2D eigenvalue weighted by Gasteiger charge is -2.37. The molecule has 1 aromatic carbocycles. The van der Waals surface area contributed by atoms with Crippen LogP contribution in [0.15, 0.2) is 24.3 Å². The summed E-state index contributed by atoms with van der Waals surface area (Å²) < 4.78 is 9.86. The highest BCUT2D eigenvalue weighted by molar-refractivity contribution is 5.95. The molecule has 0 spiro atoms. The summed E-state index contributed by atoms with van der Waals surface area (Å²) in [5, 5.41) is 15.9. The summed E-state index contributed by atoms with van der Waals surface area (Å²) in [5.41, 5.74) is 6.49. The molecule has 1 heterocycles. The highest BCUT2D eigenvalue weighted by atomic mass is 35.5. The van der Waals surface area contributed by atoms with Crippen LogP contribution < -0.4 is 21.3 Å². The Morgan fingerprint density at radius 2 is 1.83 bits per heavy atom. The van der Waals surface area contributed by atoms with E-state index in [2.05, 4.69) is 10.6 Å². The third-order valence-electron chi connectivity index (χ3n) is 6.40. The van der Waals surface area contributed by atoms with Gasteiger partial charge in [0.15, 0.2) is 0 Å². The summed E-state index contributed by atoms with van der Waals surface area (Å²) in [6, 6.07) is 6.70. The van der Waals surface area contributed by atoms with E-state index in [1.165, 1.54) is 14.2 Å². The van der Waals surface area contributed by atoms with Crippen molar-refractivity contribution in [3.8, 4) is 0 Å². The van der Waals surface area contributed by atoms with Crippen molar-refractivity contribution in [1.29, 1.82) is 0 Å². The number of carbonyl (C=O) groups excluding carboxylic acids is 3. The van der Waals surface area contributed by atoms with Crippen molar-refractivity contribution in [3.63, 3.8) is 0 Å². The molecule has 2 rings (SSSR count). The highest BCUT2D eigenvalue weighted by Crippen LogP contribution is 2.32. The van der Waals surface area contributed by atoms with Crippen LogP contribution in [-0.2, 0) is 25.5 Å². The van der Waals surface area contributed by atoms with E-state index < -0.39 is 29.3 Å². The third-order valence-corrected chi connectivity index (χ3v) is 6.40. The maximum atomic E-state index is 13.4. The fraction of sp³-hybridized carbons (Fsp3) is 0.640. The molecule has 36 heavy (non-hydrogen) atoms. The van der Waals surface area contributed by atoms with Gasteiger partial charge in [-0.25, -0.2) is 4.79 Å². The minimum atomic E-state index is -1.01. The Bertz CT molecular complexity index is 910. The largest absolute Gasteiger partial charge is 0.453 e. The van der Waals surface area contributed by atoms with Gasteiger partial charge in [0.2, 0.25) is 5.91 Å². The molecule has 204 valence electrons. The number of para-hydroxylation sites is 1. The second kappa shape index (κ2) is 13.2. The average Bonchev–Trinajstić information content (AvgIpc) is 2.80. The molecule has 0 saturated heterocycles. The van der Waals surface area contributed by atoms with Crippen molar-refractivity contribution in [2.75, 3.05) is 32.2 Å². The summed E-state index contributed by atoms with van der Waals surface area (Å²) in [6.45, 7) is 7.42. The number of carbonyl (C=O) groups is 3. The molecular formula is C25H41ClN4O6. The minimum absolute atomic E-state index is 0. The van der Waals surface area contributed by atoms with Crippen LogP contribution in [0, 0.1) is 5.41 Å². The number of aliphatic hydroxyl groups excluding tert-OH is 1. The first-order chi connectivity index (χ1) is 16.3. The number of amides is 3. The van der Waals surface area contributed by atoms with E-state index in [-0.39, 0.29) is 43.2 Å². The fourth-order valence-corrected chi connectivity index (χ4v) is 4.16. The molecule has 11 heteroatoms. The van der Waals surface area contributed by atoms with Crippen molar-refractivity contribution in [2.24, 2.45) is 11.1 Å². The normalized spacial score (nSPS) is 17.2. The van der Waals surface area contributed by atoms with Crippen molar-refractivity contribution >= 4 is 36.0 Å². The Hall–Kier alpha value is -2.40. The van der Waals surface area contributed by atoms with Crippen LogP contribution >= 0.6 is 12.4 Å². The first kappa shape index (κ1) is 31.6. The van der Waals surface area contributed by atoms with E-state index in [0.717, 1.165) is 11.3 Å². The van der Waals surface area contributed by atoms with Crippen LogP contribution in [0.4, 0.5) is 10.5 Å². The SMILES string of the molecule is COC(=O)NC1Cc2ccccc2N(C(=O)CC(C)(C)C[C@H](N)[C@@H](O)CNC(=O)C(C)(C)OC)C1.Cl. The van der Waals surface area contributed by atoms with Crippen LogP contribution in [0.25, 0.3) is 0 Å².